The molecule has 3 nitrogen and oxygen atoms in total. The lowest BCUT2D eigenvalue weighted by atomic mass is 10.3. The van der Waals surface area contributed by atoms with Gasteiger partial charge in [0, 0.05) is 38.9 Å². The molecule has 0 aliphatic carbocycles. The molecule has 0 saturated carbocycles. The lowest BCUT2D eigenvalue weighted by molar-refractivity contribution is 0.147. The summed E-state index contributed by atoms with van der Waals surface area (Å²) in [5.41, 5.74) is 1.18. The first-order chi connectivity index (χ1) is 6.84. The van der Waals surface area contributed by atoms with Crippen molar-refractivity contribution in [2.75, 3.05) is 33.2 Å². The minimum absolute atomic E-state index is 0.995. The summed E-state index contributed by atoms with van der Waals surface area (Å²) in [4.78, 5) is 9.17. The molecule has 1 saturated heterocycles. The van der Waals surface area contributed by atoms with Gasteiger partial charge in [0.2, 0.25) is 0 Å². The Morgan fingerprint density at radius 2 is 2.00 bits per heavy atom. The SMILES string of the molecule is CN1CCN(Cc2ccccn2)CC1. The number of nitrogens with zero attached hydrogens (tertiary/aromatic N) is 3. The van der Waals surface area contributed by atoms with Gasteiger partial charge in [-0.15, -0.1) is 0 Å². The summed E-state index contributed by atoms with van der Waals surface area (Å²) >= 11 is 0. The van der Waals surface area contributed by atoms with Gasteiger partial charge in [-0.25, -0.2) is 0 Å². The normalized spacial score (nSPS) is 19.8. The third-order valence-corrected chi connectivity index (χ3v) is 2.71. The van der Waals surface area contributed by atoms with E-state index >= 15 is 0 Å². The van der Waals surface area contributed by atoms with Crippen molar-refractivity contribution in [3.05, 3.63) is 30.1 Å². The monoisotopic (exact) mass is 191 g/mol. The molecule has 1 aliphatic rings. The first-order valence-electron chi connectivity index (χ1n) is 5.15. The number of pyridine rings is 1. The van der Waals surface area contributed by atoms with E-state index in [4.69, 9.17) is 0 Å². The number of likely N-dealkylation sites (N-methyl/N-ethyl adjacent to an activating group) is 1. The van der Waals surface area contributed by atoms with Crippen LogP contribution in [0.3, 0.4) is 0 Å². The molecule has 3 heteroatoms. The van der Waals surface area contributed by atoms with Gasteiger partial charge in [-0.05, 0) is 19.2 Å². The highest BCUT2D eigenvalue weighted by Crippen LogP contribution is 2.04. The fourth-order valence-corrected chi connectivity index (χ4v) is 1.73. The van der Waals surface area contributed by atoms with Crippen molar-refractivity contribution < 1.29 is 0 Å². The zero-order chi connectivity index (χ0) is 9.80. The minimum Gasteiger partial charge on any atom is -0.304 e. The second-order valence-corrected chi connectivity index (χ2v) is 3.90. The number of rotatable bonds is 2. The van der Waals surface area contributed by atoms with Crippen LogP contribution in [0, 0.1) is 0 Å². The fraction of sp³-hybridized carbons (Fsp3) is 0.545. The van der Waals surface area contributed by atoms with Crippen LogP contribution >= 0.6 is 0 Å². The van der Waals surface area contributed by atoms with Crippen LogP contribution in [-0.4, -0.2) is 48.0 Å². The van der Waals surface area contributed by atoms with Crippen molar-refractivity contribution in [1.82, 2.24) is 14.8 Å². The van der Waals surface area contributed by atoms with Crippen molar-refractivity contribution in [2.24, 2.45) is 0 Å². The maximum absolute atomic E-state index is 4.34. The van der Waals surface area contributed by atoms with E-state index in [0.29, 0.717) is 0 Å². The van der Waals surface area contributed by atoms with Gasteiger partial charge in [-0.2, -0.15) is 0 Å². The topological polar surface area (TPSA) is 19.4 Å². The molecule has 0 unspecified atom stereocenters. The summed E-state index contributed by atoms with van der Waals surface area (Å²) < 4.78 is 0. The Hall–Kier alpha value is -0.930. The van der Waals surface area contributed by atoms with Gasteiger partial charge in [0.25, 0.3) is 0 Å². The summed E-state index contributed by atoms with van der Waals surface area (Å²) in [6, 6.07) is 6.12. The molecule has 0 N–H and O–H groups in total. The first kappa shape index (κ1) is 9.62. The second-order valence-electron chi connectivity index (χ2n) is 3.90. The van der Waals surface area contributed by atoms with Crippen LogP contribution in [0.25, 0.3) is 0 Å². The summed E-state index contributed by atoms with van der Waals surface area (Å²) in [5.74, 6) is 0. The zero-order valence-electron chi connectivity index (χ0n) is 8.69. The maximum Gasteiger partial charge on any atom is 0.0543 e. The van der Waals surface area contributed by atoms with E-state index in [0.717, 1.165) is 19.6 Å². The second kappa shape index (κ2) is 4.53. The molecule has 0 spiro atoms. The molecule has 2 heterocycles. The fourth-order valence-electron chi connectivity index (χ4n) is 1.73. The van der Waals surface area contributed by atoms with Crippen LogP contribution in [0.2, 0.25) is 0 Å². The highest BCUT2D eigenvalue weighted by atomic mass is 15.2. The number of piperazine rings is 1. The molecule has 1 fully saturated rings. The van der Waals surface area contributed by atoms with Crippen LogP contribution < -0.4 is 0 Å². The smallest absolute Gasteiger partial charge is 0.0543 e. The molecule has 76 valence electrons. The van der Waals surface area contributed by atoms with Gasteiger partial charge in [0.1, 0.15) is 0 Å². The van der Waals surface area contributed by atoms with Gasteiger partial charge < -0.3 is 4.90 Å². The molecule has 1 aromatic heterocycles. The van der Waals surface area contributed by atoms with Crippen molar-refractivity contribution in [2.45, 2.75) is 6.54 Å². The van der Waals surface area contributed by atoms with Crippen molar-refractivity contribution in [3.63, 3.8) is 0 Å². The molecule has 0 aromatic carbocycles. The highest BCUT2D eigenvalue weighted by Gasteiger charge is 2.13. The van der Waals surface area contributed by atoms with Gasteiger partial charge in [0.15, 0.2) is 0 Å². The quantitative estimate of drug-likeness (QED) is 0.690. The summed E-state index contributed by atoms with van der Waals surface area (Å²) in [5, 5.41) is 0. The molecule has 0 radical (unpaired) electrons. The molecule has 0 bridgehead atoms. The lowest BCUT2D eigenvalue weighted by Crippen LogP contribution is -2.43. The predicted octanol–water partition coefficient (Wildman–Crippen LogP) is 0.829. The molecular weight excluding hydrogens is 174 g/mol. The van der Waals surface area contributed by atoms with Gasteiger partial charge in [-0.3, -0.25) is 9.88 Å². The van der Waals surface area contributed by atoms with E-state index in [2.05, 4.69) is 34.0 Å². The minimum atomic E-state index is 0.995. The first-order valence-corrected chi connectivity index (χ1v) is 5.15. The third kappa shape index (κ3) is 2.53. The van der Waals surface area contributed by atoms with E-state index < -0.39 is 0 Å². The largest absolute Gasteiger partial charge is 0.304 e. The van der Waals surface area contributed by atoms with E-state index in [1.165, 1.54) is 18.8 Å². The Morgan fingerprint density at radius 3 is 2.64 bits per heavy atom. The Labute approximate surface area is 85.4 Å². The van der Waals surface area contributed by atoms with E-state index in [-0.39, 0.29) is 0 Å². The Kier molecular flexibility index (Phi) is 3.11. The average Bonchev–Trinajstić information content (AvgIpc) is 2.23. The van der Waals surface area contributed by atoms with Crippen molar-refractivity contribution in [1.29, 1.82) is 0 Å². The van der Waals surface area contributed by atoms with Crippen LogP contribution in [0.4, 0.5) is 0 Å². The average molecular weight is 191 g/mol. The van der Waals surface area contributed by atoms with Crippen molar-refractivity contribution in [3.8, 4) is 0 Å². The molecule has 1 aliphatic heterocycles. The van der Waals surface area contributed by atoms with Crippen LogP contribution in [0.1, 0.15) is 5.69 Å². The van der Waals surface area contributed by atoms with Crippen LogP contribution in [0.15, 0.2) is 24.4 Å². The maximum atomic E-state index is 4.34. The molecule has 1 aromatic rings. The zero-order valence-corrected chi connectivity index (χ0v) is 8.69. The highest BCUT2D eigenvalue weighted by molar-refractivity contribution is 5.03. The van der Waals surface area contributed by atoms with Gasteiger partial charge in [-0.1, -0.05) is 6.07 Å². The van der Waals surface area contributed by atoms with Gasteiger partial charge in [0.05, 0.1) is 5.69 Å². The molecule has 0 amide bonds. The van der Waals surface area contributed by atoms with E-state index in [9.17, 15) is 0 Å². The summed E-state index contributed by atoms with van der Waals surface area (Å²) in [6.07, 6.45) is 1.87. The summed E-state index contributed by atoms with van der Waals surface area (Å²) in [7, 11) is 2.18. The molecular formula is C11H17N3. The van der Waals surface area contributed by atoms with E-state index in [1.807, 2.05) is 12.3 Å². The third-order valence-electron chi connectivity index (χ3n) is 2.71. The summed E-state index contributed by atoms with van der Waals surface area (Å²) in [6.45, 7) is 5.66. The molecule has 14 heavy (non-hydrogen) atoms. The Morgan fingerprint density at radius 1 is 1.21 bits per heavy atom. The Balaban J connectivity index is 1.87. The Bertz CT molecular complexity index is 265. The standard InChI is InChI=1S/C11H17N3/c1-13-6-8-14(9-7-13)10-11-4-2-3-5-12-11/h2-5H,6-10H2,1H3. The van der Waals surface area contributed by atoms with Gasteiger partial charge >= 0.3 is 0 Å². The van der Waals surface area contributed by atoms with Crippen LogP contribution in [0.5, 0.6) is 0 Å². The predicted molar refractivity (Wildman–Crippen MR) is 57.0 cm³/mol. The van der Waals surface area contributed by atoms with E-state index in [1.54, 1.807) is 0 Å². The lowest BCUT2D eigenvalue weighted by Gasteiger charge is -2.31. The number of aromatic nitrogens is 1. The van der Waals surface area contributed by atoms with Crippen LogP contribution in [-0.2, 0) is 6.54 Å². The molecule has 0 atom stereocenters. The number of hydrogen-bond acceptors (Lipinski definition) is 3. The van der Waals surface area contributed by atoms with Crippen molar-refractivity contribution >= 4 is 0 Å². The number of hydrogen-bond donors (Lipinski definition) is 0. The molecule has 2 rings (SSSR count).